The molecule has 0 saturated carbocycles. The van der Waals surface area contributed by atoms with Gasteiger partial charge in [0.2, 0.25) is 5.91 Å². The van der Waals surface area contributed by atoms with Crippen LogP contribution >= 0.6 is 11.6 Å². The van der Waals surface area contributed by atoms with Crippen molar-refractivity contribution in [2.45, 2.75) is 13.3 Å². The van der Waals surface area contributed by atoms with Gasteiger partial charge in [0.25, 0.3) is 0 Å². The van der Waals surface area contributed by atoms with Crippen molar-refractivity contribution in [1.29, 1.82) is 0 Å². The van der Waals surface area contributed by atoms with Gasteiger partial charge in [-0.1, -0.05) is 17.7 Å². The van der Waals surface area contributed by atoms with Crippen LogP contribution in [0.3, 0.4) is 0 Å². The molecule has 0 spiro atoms. The first-order valence-electron chi connectivity index (χ1n) is 6.59. The van der Waals surface area contributed by atoms with Crippen LogP contribution in [0.15, 0.2) is 42.5 Å². The maximum Gasteiger partial charge on any atom is 0.227 e. The molecule has 2 aromatic carbocycles. The Morgan fingerprint density at radius 1 is 1.29 bits per heavy atom. The molecule has 0 fully saturated rings. The first kappa shape index (κ1) is 15.2. The van der Waals surface area contributed by atoms with Crippen molar-refractivity contribution in [3.05, 3.63) is 53.1 Å². The second kappa shape index (κ2) is 6.99. The van der Waals surface area contributed by atoms with Gasteiger partial charge in [0.1, 0.15) is 5.75 Å². The number of rotatable bonds is 5. The number of anilines is 2. The van der Waals surface area contributed by atoms with E-state index < -0.39 is 0 Å². The number of aryl methyl sites for hydroxylation is 1. The van der Waals surface area contributed by atoms with Crippen molar-refractivity contribution < 1.29 is 9.53 Å². The third kappa shape index (κ3) is 4.68. The molecule has 3 N–H and O–H groups in total. The summed E-state index contributed by atoms with van der Waals surface area (Å²) >= 11 is 5.94. The number of carbonyl (C=O) groups excluding carboxylic acids is 1. The number of ether oxygens (including phenoxy) is 1. The summed E-state index contributed by atoms with van der Waals surface area (Å²) < 4.78 is 5.53. The van der Waals surface area contributed by atoms with Crippen molar-refractivity contribution in [3.63, 3.8) is 0 Å². The van der Waals surface area contributed by atoms with Crippen LogP contribution < -0.4 is 15.8 Å². The zero-order chi connectivity index (χ0) is 15.2. The summed E-state index contributed by atoms with van der Waals surface area (Å²) in [5.74, 6) is 0.583. The summed E-state index contributed by atoms with van der Waals surface area (Å²) in [6.07, 6.45) is 0.260. The van der Waals surface area contributed by atoms with Gasteiger partial charge in [-0.25, -0.2) is 0 Å². The Hall–Kier alpha value is -2.20. The van der Waals surface area contributed by atoms with E-state index in [2.05, 4.69) is 5.32 Å². The molecule has 0 aliphatic rings. The van der Waals surface area contributed by atoms with Crippen LogP contribution in [-0.2, 0) is 4.79 Å². The van der Waals surface area contributed by atoms with E-state index in [1.807, 2.05) is 13.0 Å². The lowest BCUT2D eigenvalue weighted by atomic mass is 10.2. The first-order chi connectivity index (χ1) is 10.0. The molecule has 0 radical (unpaired) electrons. The van der Waals surface area contributed by atoms with Crippen LogP contribution in [0, 0.1) is 6.92 Å². The predicted molar refractivity (Wildman–Crippen MR) is 85.8 cm³/mol. The summed E-state index contributed by atoms with van der Waals surface area (Å²) in [7, 11) is 0. The Bertz CT molecular complexity index is 644. The van der Waals surface area contributed by atoms with Gasteiger partial charge in [-0.15, -0.1) is 0 Å². The highest BCUT2D eigenvalue weighted by atomic mass is 35.5. The van der Waals surface area contributed by atoms with E-state index in [1.165, 1.54) is 0 Å². The van der Waals surface area contributed by atoms with E-state index >= 15 is 0 Å². The molecule has 2 aromatic rings. The van der Waals surface area contributed by atoms with Crippen molar-refractivity contribution in [1.82, 2.24) is 0 Å². The normalized spacial score (nSPS) is 10.2. The van der Waals surface area contributed by atoms with Crippen molar-refractivity contribution >= 4 is 28.9 Å². The van der Waals surface area contributed by atoms with Gasteiger partial charge in [-0.05, 0) is 48.9 Å². The van der Waals surface area contributed by atoms with Gasteiger partial charge in [0, 0.05) is 16.4 Å². The summed E-state index contributed by atoms with van der Waals surface area (Å²) in [5.41, 5.74) is 7.89. The van der Waals surface area contributed by atoms with Gasteiger partial charge in [0.05, 0.1) is 13.0 Å². The lowest BCUT2D eigenvalue weighted by Crippen LogP contribution is -2.15. The van der Waals surface area contributed by atoms with Gasteiger partial charge in [0.15, 0.2) is 0 Å². The number of hydrogen-bond donors (Lipinski definition) is 2. The molecule has 0 heterocycles. The van der Waals surface area contributed by atoms with Gasteiger partial charge in [-0.2, -0.15) is 0 Å². The summed E-state index contributed by atoms with van der Waals surface area (Å²) in [6, 6.07) is 12.5. The smallest absolute Gasteiger partial charge is 0.227 e. The number of nitrogen functional groups attached to an aromatic ring is 1. The standard InChI is InChI=1S/C16H17ClN2O2/c1-11-9-14(5-6-15(11)17)21-8-7-16(20)19-13-4-2-3-12(18)10-13/h2-6,9-10H,7-8,18H2,1H3,(H,19,20). The third-order valence-electron chi connectivity index (χ3n) is 2.90. The van der Waals surface area contributed by atoms with E-state index in [0.29, 0.717) is 28.8 Å². The molecule has 0 atom stereocenters. The highest BCUT2D eigenvalue weighted by Crippen LogP contribution is 2.21. The van der Waals surface area contributed by atoms with Crippen LogP contribution in [0.25, 0.3) is 0 Å². The highest BCUT2D eigenvalue weighted by molar-refractivity contribution is 6.31. The van der Waals surface area contributed by atoms with Crippen LogP contribution in [0.4, 0.5) is 11.4 Å². The highest BCUT2D eigenvalue weighted by Gasteiger charge is 2.04. The Morgan fingerprint density at radius 2 is 2.10 bits per heavy atom. The fraction of sp³-hybridized carbons (Fsp3) is 0.188. The molecule has 1 amide bonds. The molecule has 0 unspecified atom stereocenters. The maximum atomic E-state index is 11.8. The molecule has 2 rings (SSSR count). The van der Waals surface area contributed by atoms with E-state index in [4.69, 9.17) is 22.1 Å². The molecular weight excluding hydrogens is 288 g/mol. The fourth-order valence-electron chi connectivity index (χ4n) is 1.81. The monoisotopic (exact) mass is 304 g/mol. The van der Waals surface area contributed by atoms with Gasteiger partial charge >= 0.3 is 0 Å². The minimum atomic E-state index is -0.119. The average molecular weight is 305 g/mol. The quantitative estimate of drug-likeness (QED) is 0.829. The Balaban J connectivity index is 1.80. The molecule has 0 bridgehead atoms. The van der Waals surface area contributed by atoms with Crippen LogP contribution in [0.1, 0.15) is 12.0 Å². The molecule has 5 heteroatoms. The lowest BCUT2D eigenvalue weighted by molar-refractivity contribution is -0.116. The maximum absolute atomic E-state index is 11.8. The van der Waals surface area contributed by atoms with Crippen molar-refractivity contribution in [3.8, 4) is 5.75 Å². The van der Waals surface area contributed by atoms with Gasteiger partial charge in [-0.3, -0.25) is 4.79 Å². The zero-order valence-corrected chi connectivity index (χ0v) is 12.5. The first-order valence-corrected chi connectivity index (χ1v) is 6.97. The Kier molecular flexibility index (Phi) is 5.06. The lowest BCUT2D eigenvalue weighted by Gasteiger charge is -2.08. The molecule has 0 aliphatic carbocycles. The molecule has 21 heavy (non-hydrogen) atoms. The SMILES string of the molecule is Cc1cc(OCCC(=O)Nc2cccc(N)c2)ccc1Cl. The number of benzene rings is 2. The van der Waals surface area contributed by atoms with E-state index in [0.717, 1.165) is 5.56 Å². The van der Waals surface area contributed by atoms with Crippen molar-refractivity contribution in [2.24, 2.45) is 0 Å². The number of nitrogens with one attached hydrogen (secondary N) is 1. The van der Waals surface area contributed by atoms with Crippen LogP contribution in [-0.4, -0.2) is 12.5 Å². The minimum absolute atomic E-state index is 0.119. The Labute approximate surface area is 128 Å². The summed E-state index contributed by atoms with van der Waals surface area (Å²) in [5, 5.41) is 3.47. The second-order valence-corrected chi connectivity index (χ2v) is 5.09. The van der Waals surface area contributed by atoms with Gasteiger partial charge < -0.3 is 15.8 Å². The van der Waals surface area contributed by atoms with E-state index in [-0.39, 0.29) is 12.3 Å². The molecule has 110 valence electrons. The fourth-order valence-corrected chi connectivity index (χ4v) is 1.93. The number of halogens is 1. The van der Waals surface area contributed by atoms with Crippen molar-refractivity contribution in [2.75, 3.05) is 17.7 Å². The molecule has 0 aromatic heterocycles. The second-order valence-electron chi connectivity index (χ2n) is 4.68. The van der Waals surface area contributed by atoms with E-state index in [9.17, 15) is 4.79 Å². The number of hydrogen-bond acceptors (Lipinski definition) is 3. The topological polar surface area (TPSA) is 64.3 Å². The molecule has 4 nitrogen and oxygen atoms in total. The molecule has 0 aliphatic heterocycles. The number of nitrogens with two attached hydrogens (primary N) is 1. The van der Waals surface area contributed by atoms with E-state index in [1.54, 1.807) is 36.4 Å². The molecular formula is C16H17ClN2O2. The average Bonchev–Trinajstić information content (AvgIpc) is 2.43. The Morgan fingerprint density at radius 3 is 2.81 bits per heavy atom. The summed E-state index contributed by atoms with van der Waals surface area (Å²) in [6.45, 7) is 2.21. The predicted octanol–water partition coefficient (Wildman–Crippen LogP) is 3.64. The number of amides is 1. The molecule has 0 saturated heterocycles. The third-order valence-corrected chi connectivity index (χ3v) is 3.32. The minimum Gasteiger partial charge on any atom is -0.493 e. The zero-order valence-electron chi connectivity index (χ0n) is 11.7. The number of carbonyl (C=O) groups is 1. The summed E-state index contributed by atoms with van der Waals surface area (Å²) in [4.78, 5) is 11.8. The largest absolute Gasteiger partial charge is 0.493 e. The van der Waals surface area contributed by atoms with Crippen LogP contribution in [0.5, 0.6) is 5.75 Å². The van der Waals surface area contributed by atoms with Crippen LogP contribution in [0.2, 0.25) is 5.02 Å².